The van der Waals surface area contributed by atoms with E-state index in [1.165, 1.54) is 23.5 Å². The molecule has 29 heavy (non-hydrogen) atoms. The van der Waals surface area contributed by atoms with Crippen LogP contribution in [0, 0.1) is 10.1 Å². The summed E-state index contributed by atoms with van der Waals surface area (Å²) >= 11 is 7.33. The predicted molar refractivity (Wildman–Crippen MR) is 108 cm³/mol. The Hall–Kier alpha value is -3.17. The van der Waals surface area contributed by atoms with Gasteiger partial charge in [-0.2, -0.15) is 0 Å². The summed E-state index contributed by atoms with van der Waals surface area (Å²) in [5, 5.41) is 13.4. The maximum atomic E-state index is 12.3. The SMILES string of the molecule is COc1ccc(-c2nc(COC(=O)c3cc([N+](=O)[O-])ccc3Cl)cs2)cc1OC. The van der Waals surface area contributed by atoms with Crippen LogP contribution >= 0.6 is 22.9 Å². The molecule has 0 spiro atoms. The lowest BCUT2D eigenvalue weighted by atomic mass is 10.2. The molecule has 0 saturated heterocycles. The van der Waals surface area contributed by atoms with E-state index in [1.807, 2.05) is 6.07 Å². The van der Waals surface area contributed by atoms with Crippen molar-refractivity contribution in [3.8, 4) is 22.1 Å². The van der Waals surface area contributed by atoms with Gasteiger partial charge in [0, 0.05) is 23.1 Å². The summed E-state index contributed by atoms with van der Waals surface area (Å²) in [6.07, 6.45) is 0. The van der Waals surface area contributed by atoms with Gasteiger partial charge in [0.15, 0.2) is 11.5 Å². The molecule has 0 fully saturated rings. The molecular weight excluding hydrogens is 420 g/mol. The number of nitro benzene ring substituents is 1. The first-order chi connectivity index (χ1) is 13.9. The summed E-state index contributed by atoms with van der Waals surface area (Å²) in [6.45, 7) is -0.0956. The van der Waals surface area contributed by atoms with Crippen LogP contribution in [-0.2, 0) is 11.3 Å². The van der Waals surface area contributed by atoms with E-state index in [2.05, 4.69) is 4.98 Å². The number of nitrogens with zero attached hydrogens (tertiary/aromatic N) is 2. The lowest BCUT2D eigenvalue weighted by Gasteiger charge is -2.08. The first-order valence-corrected chi connectivity index (χ1v) is 9.46. The second kappa shape index (κ2) is 8.89. The molecule has 0 aliphatic heterocycles. The fourth-order valence-corrected chi connectivity index (χ4v) is 3.47. The van der Waals surface area contributed by atoms with Crippen LogP contribution in [0.3, 0.4) is 0 Å². The minimum absolute atomic E-state index is 0.0730. The van der Waals surface area contributed by atoms with E-state index >= 15 is 0 Å². The molecule has 1 aromatic heterocycles. The van der Waals surface area contributed by atoms with Gasteiger partial charge in [0.05, 0.1) is 35.4 Å². The molecule has 1 heterocycles. The lowest BCUT2D eigenvalue weighted by Crippen LogP contribution is -2.07. The van der Waals surface area contributed by atoms with Crippen molar-refractivity contribution in [1.29, 1.82) is 0 Å². The molecule has 0 N–H and O–H groups in total. The van der Waals surface area contributed by atoms with Gasteiger partial charge in [-0.05, 0) is 24.3 Å². The normalized spacial score (nSPS) is 10.4. The topological polar surface area (TPSA) is 101 Å². The highest BCUT2D eigenvalue weighted by atomic mass is 35.5. The monoisotopic (exact) mass is 434 g/mol. The number of thiazole rings is 1. The van der Waals surface area contributed by atoms with Crippen LogP contribution in [0.2, 0.25) is 5.02 Å². The van der Waals surface area contributed by atoms with Gasteiger partial charge >= 0.3 is 5.97 Å². The lowest BCUT2D eigenvalue weighted by molar-refractivity contribution is -0.384. The number of hydrogen-bond donors (Lipinski definition) is 0. The maximum Gasteiger partial charge on any atom is 0.340 e. The molecule has 10 heteroatoms. The minimum atomic E-state index is -0.764. The van der Waals surface area contributed by atoms with E-state index in [4.69, 9.17) is 25.8 Å². The molecule has 0 aliphatic carbocycles. The van der Waals surface area contributed by atoms with Gasteiger partial charge in [-0.15, -0.1) is 11.3 Å². The average molecular weight is 435 g/mol. The first-order valence-electron chi connectivity index (χ1n) is 8.20. The second-order valence-corrected chi connectivity index (χ2v) is 6.98. The molecule has 0 bridgehead atoms. The second-order valence-electron chi connectivity index (χ2n) is 5.71. The van der Waals surface area contributed by atoms with Crippen molar-refractivity contribution in [3.05, 3.63) is 68.2 Å². The highest BCUT2D eigenvalue weighted by Crippen LogP contribution is 2.33. The van der Waals surface area contributed by atoms with Crippen molar-refractivity contribution >= 4 is 34.6 Å². The van der Waals surface area contributed by atoms with Crippen molar-refractivity contribution in [3.63, 3.8) is 0 Å². The van der Waals surface area contributed by atoms with Crippen LogP contribution in [0.15, 0.2) is 41.8 Å². The van der Waals surface area contributed by atoms with Crippen molar-refractivity contribution < 1.29 is 23.9 Å². The number of benzene rings is 2. The predicted octanol–water partition coefficient (Wildman–Crippen LogP) is 4.75. The number of rotatable bonds is 7. The standard InChI is InChI=1S/C19H15ClN2O6S/c1-26-16-6-3-11(7-17(16)27-2)18-21-12(10-29-18)9-28-19(23)14-8-13(22(24)25)4-5-15(14)20/h3-8,10H,9H2,1-2H3. The van der Waals surface area contributed by atoms with Crippen molar-refractivity contribution in [2.75, 3.05) is 14.2 Å². The number of non-ortho nitro benzene ring substituents is 1. The third-order valence-corrected chi connectivity index (χ3v) is 5.18. The molecule has 0 saturated carbocycles. The summed E-state index contributed by atoms with van der Waals surface area (Å²) in [4.78, 5) is 27.0. The number of carbonyl (C=O) groups excluding carboxylic acids is 1. The van der Waals surface area contributed by atoms with E-state index in [9.17, 15) is 14.9 Å². The van der Waals surface area contributed by atoms with Crippen LogP contribution in [-0.4, -0.2) is 30.1 Å². The molecule has 0 amide bonds. The van der Waals surface area contributed by atoms with Gasteiger partial charge in [-0.3, -0.25) is 10.1 Å². The Balaban J connectivity index is 1.72. The molecule has 0 atom stereocenters. The zero-order chi connectivity index (χ0) is 21.0. The molecular formula is C19H15ClN2O6S. The molecule has 3 aromatic rings. The Morgan fingerprint density at radius 1 is 1.17 bits per heavy atom. The van der Waals surface area contributed by atoms with Gasteiger partial charge in [0.1, 0.15) is 11.6 Å². The number of halogens is 1. The molecule has 3 rings (SSSR count). The summed E-state index contributed by atoms with van der Waals surface area (Å²) in [7, 11) is 3.11. The summed E-state index contributed by atoms with van der Waals surface area (Å²) < 4.78 is 15.7. The van der Waals surface area contributed by atoms with E-state index < -0.39 is 10.9 Å². The van der Waals surface area contributed by atoms with Crippen LogP contribution in [0.5, 0.6) is 11.5 Å². The zero-order valence-corrected chi connectivity index (χ0v) is 17.0. The Kier molecular flexibility index (Phi) is 6.30. The van der Waals surface area contributed by atoms with Crippen LogP contribution < -0.4 is 9.47 Å². The smallest absolute Gasteiger partial charge is 0.340 e. The fraction of sp³-hybridized carbons (Fsp3) is 0.158. The number of carbonyl (C=O) groups is 1. The summed E-state index contributed by atoms with van der Waals surface area (Å²) in [5.74, 6) is 0.420. The van der Waals surface area contributed by atoms with Gasteiger partial charge in [0.2, 0.25) is 0 Å². The largest absolute Gasteiger partial charge is 0.493 e. The third-order valence-electron chi connectivity index (χ3n) is 3.91. The van der Waals surface area contributed by atoms with E-state index in [0.717, 1.165) is 11.6 Å². The number of nitro groups is 1. The quantitative estimate of drug-likeness (QED) is 0.300. The zero-order valence-electron chi connectivity index (χ0n) is 15.4. The summed E-state index contributed by atoms with van der Waals surface area (Å²) in [5.41, 5.74) is 1.05. The number of aromatic nitrogens is 1. The molecule has 8 nitrogen and oxygen atoms in total. The minimum Gasteiger partial charge on any atom is -0.493 e. The van der Waals surface area contributed by atoms with Crippen LogP contribution in [0.25, 0.3) is 10.6 Å². The van der Waals surface area contributed by atoms with E-state index in [1.54, 1.807) is 31.7 Å². The Bertz CT molecular complexity index is 1070. The van der Waals surface area contributed by atoms with Crippen molar-refractivity contribution in [2.45, 2.75) is 6.61 Å². The number of methoxy groups -OCH3 is 2. The molecule has 0 radical (unpaired) electrons. The highest BCUT2D eigenvalue weighted by molar-refractivity contribution is 7.13. The molecule has 0 unspecified atom stereocenters. The van der Waals surface area contributed by atoms with E-state index in [-0.39, 0.29) is 22.9 Å². The molecule has 2 aromatic carbocycles. The molecule has 150 valence electrons. The van der Waals surface area contributed by atoms with Gasteiger partial charge in [-0.25, -0.2) is 9.78 Å². The van der Waals surface area contributed by atoms with Gasteiger partial charge in [-0.1, -0.05) is 11.6 Å². The number of ether oxygens (including phenoxy) is 3. The highest BCUT2D eigenvalue weighted by Gasteiger charge is 2.18. The Morgan fingerprint density at radius 3 is 2.62 bits per heavy atom. The number of hydrogen-bond acceptors (Lipinski definition) is 8. The van der Waals surface area contributed by atoms with E-state index in [0.29, 0.717) is 22.2 Å². The summed E-state index contributed by atoms with van der Waals surface area (Å²) in [6, 6.07) is 9.01. The fourth-order valence-electron chi connectivity index (χ4n) is 2.48. The number of esters is 1. The van der Waals surface area contributed by atoms with Gasteiger partial charge in [0.25, 0.3) is 5.69 Å². The van der Waals surface area contributed by atoms with Crippen molar-refractivity contribution in [2.24, 2.45) is 0 Å². The maximum absolute atomic E-state index is 12.3. The van der Waals surface area contributed by atoms with Crippen LogP contribution in [0.4, 0.5) is 5.69 Å². The first kappa shape index (κ1) is 20.6. The van der Waals surface area contributed by atoms with Gasteiger partial charge < -0.3 is 14.2 Å². The van der Waals surface area contributed by atoms with Crippen molar-refractivity contribution in [1.82, 2.24) is 4.98 Å². The molecule has 0 aliphatic rings. The van der Waals surface area contributed by atoms with Crippen LogP contribution in [0.1, 0.15) is 16.1 Å². The Morgan fingerprint density at radius 2 is 1.93 bits per heavy atom. The average Bonchev–Trinajstić information content (AvgIpc) is 3.20. The third kappa shape index (κ3) is 4.64. The Labute approximate surface area is 174 Å².